The van der Waals surface area contributed by atoms with Crippen LogP contribution in [0, 0.1) is 13.8 Å². The Morgan fingerprint density at radius 1 is 1.18 bits per heavy atom. The maximum absolute atomic E-state index is 12.5. The Morgan fingerprint density at radius 2 is 1.86 bits per heavy atom. The van der Waals surface area contributed by atoms with Crippen LogP contribution < -0.4 is 10.7 Å². The van der Waals surface area contributed by atoms with Crippen LogP contribution in [0.2, 0.25) is 5.02 Å². The summed E-state index contributed by atoms with van der Waals surface area (Å²) in [7, 11) is 0. The molecule has 0 saturated heterocycles. The quantitative estimate of drug-likeness (QED) is 0.555. The molecule has 0 unspecified atom stereocenters. The summed E-state index contributed by atoms with van der Waals surface area (Å²) in [6, 6.07) is 10.5. The van der Waals surface area contributed by atoms with E-state index < -0.39 is 0 Å². The molecule has 0 bridgehead atoms. The first-order valence-electron chi connectivity index (χ1n) is 8.49. The predicted molar refractivity (Wildman–Crippen MR) is 110 cm³/mol. The van der Waals surface area contributed by atoms with Crippen LogP contribution >= 0.6 is 22.9 Å². The number of carbonyl (C=O) groups is 1. The summed E-state index contributed by atoms with van der Waals surface area (Å²) in [4.78, 5) is 29.0. The Labute approximate surface area is 169 Å². The number of nitrogens with zero attached hydrogens (tertiary/aromatic N) is 4. The van der Waals surface area contributed by atoms with Gasteiger partial charge in [0.05, 0.1) is 5.69 Å². The summed E-state index contributed by atoms with van der Waals surface area (Å²) >= 11 is 7.39. The van der Waals surface area contributed by atoms with Gasteiger partial charge in [0.15, 0.2) is 5.43 Å². The minimum absolute atomic E-state index is 0.0719. The number of fused-ring (bicyclic) bond motifs is 1. The number of amides is 1. The Bertz CT molecular complexity index is 1210. The number of hydrogen-bond acceptors (Lipinski definition) is 5. The summed E-state index contributed by atoms with van der Waals surface area (Å²) in [5.74, 6) is -0.0236. The third-order valence-electron chi connectivity index (χ3n) is 4.33. The van der Waals surface area contributed by atoms with Crippen LogP contribution in [0.15, 0.2) is 46.6 Å². The van der Waals surface area contributed by atoms with E-state index >= 15 is 0 Å². The van der Waals surface area contributed by atoms with Crippen molar-refractivity contribution in [2.75, 3.05) is 5.32 Å². The van der Waals surface area contributed by atoms with Crippen LogP contribution in [0.25, 0.3) is 16.2 Å². The van der Waals surface area contributed by atoms with Crippen LogP contribution in [0.1, 0.15) is 11.4 Å². The Hall–Kier alpha value is -2.97. The van der Waals surface area contributed by atoms with Gasteiger partial charge >= 0.3 is 0 Å². The molecule has 3 aromatic heterocycles. The highest BCUT2D eigenvalue weighted by Crippen LogP contribution is 2.26. The van der Waals surface area contributed by atoms with Gasteiger partial charge in [0.1, 0.15) is 6.54 Å². The maximum atomic E-state index is 12.5. The summed E-state index contributed by atoms with van der Waals surface area (Å²) < 4.78 is 3.47. The molecular weight excluding hydrogens is 398 g/mol. The number of hydrogen-bond donors (Lipinski definition) is 1. The highest BCUT2D eigenvalue weighted by molar-refractivity contribution is 7.15. The molecular formula is C19H16ClN5O2S. The van der Waals surface area contributed by atoms with E-state index in [1.54, 1.807) is 22.9 Å². The molecule has 0 fully saturated rings. The SMILES string of the molecule is Cc1cc(=O)cc(C)n1CC(=O)Nc1nc2scc(-c3ccc(Cl)cc3)n2n1. The van der Waals surface area contributed by atoms with E-state index in [4.69, 9.17) is 11.6 Å². The fourth-order valence-electron chi connectivity index (χ4n) is 3.00. The molecule has 0 radical (unpaired) electrons. The molecule has 0 atom stereocenters. The zero-order chi connectivity index (χ0) is 19.8. The number of nitrogens with one attached hydrogen (secondary N) is 1. The minimum atomic E-state index is -0.263. The molecule has 1 amide bonds. The third kappa shape index (κ3) is 3.56. The van der Waals surface area contributed by atoms with E-state index in [1.807, 2.05) is 29.6 Å². The number of carbonyl (C=O) groups excluding carboxylic acids is 1. The van der Waals surface area contributed by atoms with Gasteiger partial charge in [-0.15, -0.1) is 16.4 Å². The lowest BCUT2D eigenvalue weighted by Crippen LogP contribution is -2.23. The number of halogens is 1. The zero-order valence-electron chi connectivity index (χ0n) is 15.1. The molecule has 1 N–H and O–H groups in total. The van der Waals surface area contributed by atoms with Crippen molar-refractivity contribution < 1.29 is 4.79 Å². The number of thiazole rings is 1. The van der Waals surface area contributed by atoms with Crippen LogP contribution in [0.4, 0.5) is 5.95 Å². The molecule has 7 nitrogen and oxygen atoms in total. The molecule has 1 aromatic carbocycles. The smallest absolute Gasteiger partial charge is 0.250 e. The lowest BCUT2D eigenvalue weighted by Gasteiger charge is -2.13. The number of aryl methyl sites for hydroxylation is 2. The fraction of sp³-hybridized carbons (Fsp3) is 0.158. The normalized spacial score (nSPS) is 11.1. The number of rotatable bonds is 4. The molecule has 0 saturated carbocycles. The van der Waals surface area contributed by atoms with E-state index in [9.17, 15) is 9.59 Å². The van der Waals surface area contributed by atoms with E-state index in [-0.39, 0.29) is 23.8 Å². The number of pyridine rings is 1. The van der Waals surface area contributed by atoms with Crippen molar-refractivity contribution in [1.82, 2.24) is 19.2 Å². The fourth-order valence-corrected chi connectivity index (χ4v) is 3.96. The first-order valence-corrected chi connectivity index (χ1v) is 9.74. The molecule has 0 aliphatic heterocycles. The number of anilines is 1. The minimum Gasteiger partial charge on any atom is -0.340 e. The first-order chi connectivity index (χ1) is 13.4. The van der Waals surface area contributed by atoms with Gasteiger partial charge in [-0.2, -0.15) is 4.98 Å². The Morgan fingerprint density at radius 3 is 2.54 bits per heavy atom. The van der Waals surface area contributed by atoms with Crippen molar-refractivity contribution in [3.05, 3.63) is 68.4 Å². The van der Waals surface area contributed by atoms with Crippen molar-refractivity contribution in [2.24, 2.45) is 0 Å². The molecule has 0 spiro atoms. The van der Waals surface area contributed by atoms with Gasteiger partial charge in [-0.05, 0) is 26.0 Å². The lowest BCUT2D eigenvalue weighted by molar-refractivity contribution is -0.116. The first kappa shape index (κ1) is 18.4. The molecule has 4 rings (SSSR count). The molecule has 0 aliphatic carbocycles. The van der Waals surface area contributed by atoms with Crippen LogP contribution in [-0.2, 0) is 11.3 Å². The van der Waals surface area contributed by atoms with Crippen LogP contribution in [0.5, 0.6) is 0 Å². The highest BCUT2D eigenvalue weighted by atomic mass is 35.5. The van der Waals surface area contributed by atoms with Gasteiger partial charge in [-0.25, -0.2) is 4.52 Å². The standard InChI is InChI=1S/C19H16ClN5O2S/c1-11-7-15(26)8-12(2)24(11)9-17(27)21-18-22-19-25(23-18)16(10-28-19)13-3-5-14(20)6-4-13/h3-8,10H,9H2,1-2H3,(H,21,23,27). The predicted octanol–water partition coefficient (Wildman–Crippen LogP) is 3.53. The monoisotopic (exact) mass is 413 g/mol. The maximum Gasteiger partial charge on any atom is 0.250 e. The van der Waals surface area contributed by atoms with E-state index in [2.05, 4.69) is 15.4 Å². The van der Waals surface area contributed by atoms with E-state index in [1.165, 1.54) is 23.5 Å². The molecule has 4 aromatic rings. The zero-order valence-corrected chi connectivity index (χ0v) is 16.7. The molecule has 142 valence electrons. The van der Waals surface area contributed by atoms with Gasteiger partial charge in [0, 0.05) is 39.5 Å². The van der Waals surface area contributed by atoms with E-state index in [0.29, 0.717) is 9.98 Å². The van der Waals surface area contributed by atoms with Gasteiger partial charge in [0.2, 0.25) is 10.9 Å². The van der Waals surface area contributed by atoms with Crippen molar-refractivity contribution in [1.29, 1.82) is 0 Å². The van der Waals surface area contributed by atoms with Crippen molar-refractivity contribution >= 4 is 39.8 Å². The molecule has 9 heteroatoms. The number of benzene rings is 1. The Balaban J connectivity index is 1.56. The average molecular weight is 414 g/mol. The van der Waals surface area contributed by atoms with Gasteiger partial charge < -0.3 is 4.57 Å². The van der Waals surface area contributed by atoms with Crippen molar-refractivity contribution in [2.45, 2.75) is 20.4 Å². The highest BCUT2D eigenvalue weighted by Gasteiger charge is 2.14. The topological polar surface area (TPSA) is 81.3 Å². The van der Waals surface area contributed by atoms with Crippen LogP contribution in [0.3, 0.4) is 0 Å². The van der Waals surface area contributed by atoms with Gasteiger partial charge in [0.25, 0.3) is 5.95 Å². The second kappa shape index (κ2) is 7.21. The summed E-state index contributed by atoms with van der Waals surface area (Å²) in [6.45, 7) is 3.67. The van der Waals surface area contributed by atoms with Gasteiger partial charge in [-0.3, -0.25) is 14.9 Å². The van der Waals surface area contributed by atoms with E-state index in [0.717, 1.165) is 22.6 Å². The lowest BCUT2D eigenvalue weighted by atomic mass is 10.2. The summed E-state index contributed by atoms with van der Waals surface area (Å²) in [6.07, 6.45) is 0. The second-order valence-corrected chi connectivity index (χ2v) is 7.64. The van der Waals surface area contributed by atoms with Gasteiger partial charge in [-0.1, -0.05) is 23.7 Å². The third-order valence-corrected chi connectivity index (χ3v) is 5.40. The van der Waals surface area contributed by atoms with Crippen molar-refractivity contribution in [3.8, 4) is 11.3 Å². The number of aromatic nitrogens is 4. The molecule has 3 heterocycles. The Kier molecular flexibility index (Phi) is 4.74. The summed E-state index contributed by atoms with van der Waals surface area (Å²) in [5.41, 5.74) is 3.21. The largest absolute Gasteiger partial charge is 0.340 e. The second-order valence-electron chi connectivity index (χ2n) is 6.37. The summed E-state index contributed by atoms with van der Waals surface area (Å²) in [5, 5.41) is 9.75. The molecule has 28 heavy (non-hydrogen) atoms. The molecule has 0 aliphatic rings. The van der Waals surface area contributed by atoms with Crippen molar-refractivity contribution in [3.63, 3.8) is 0 Å². The average Bonchev–Trinajstić information content (AvgIpc) is 3.19. The van der Waals surface area contributed by atoms with Crippen LogP contribution in [-0.4, -0.2) is 25.1 Å².